The van der Waals surface area contributed by atoms with Gasteiger partial charge < -0.3 is 39.0 Å². The Balaban J connectivity index is 1.84. The van der Waals surface area contributed by atoms with E-state index >= 15 is 0 Å². The second-order valence-corrected chi connectivity index (χ2v) is 11.3. The van der Waals surface area contributed by atoms with E-state index in [1.165, 1.54) is 27.4 Å². The number of benzene rings is 2. The van der Waals surface area contributed by atoms with Crippen LogP contribution in [0.4, 0.5) is 0 Å². The fourth-order valence-corrected chi connectivity index (χ4v) is 5.55. The van der Waals surface area contributed by atoms with Crippen LogP contribution in [0.5, 0.6) is 28.7 Å². The van der Waals surface area contributed by atoms with Gasteiger partial charge in [0.1, 0.15) is 22.8 Å². The minimum absolute atomic E-state index is 0.0512. The zero-order valence-electron chi connectivity index (χ0n) is 27.3. The molecule has 0 bridgehead atoms. The van der Waals surface area contributed by atoms with E-state index in [1.807, 2.05) is 0 Å². The molecule has 3 N–H and O–H groups in total. The number of ketones is 1. The lowest BCUT2D eigenvalue weighted by Crippen LogP contribution is -2.25. The Labute approximate surface area is 272 Å². The van der Waals surface area contributed by atoms with Crippen LogP contribution >= 0.6 is 0 Å². The number of nitrogens with zero attached hydrogens (tertiary/aromatic N) is 2. The molecule has 0 saturated carbocycles. The van der Waals surface area contributed by atoms with Crippen molar-refractivity contribution < 1.29 is 48.1 Å². The first kappa shape index (κ1) is 34.8. The molecule has 1 aliphatic rings. The molecule has 252 valence electrons. The number of aryl methyl sites for hydroxylation is 1. The van der Waals surface area contributed by atoms with E-state index in [1.54, 1.807) is 38.1 Å². The van der Waals surface area contributed by atoms with E-state index in [2.05, 4.69) is 15.5 Å². The summed E-state index contributed by atoms with van der Waals surface area (Å²) in [5.41, 5.74) is 0.403. The number of rotatable bonds is 9. The molecule has 3 aromatic rings. The number of amides is 1. The molecular weight excluding hydrogens is 610 g/mol. The number of cyclic esters (lactones) is 1. The number of hydrogen-bond donors (Lipinski definition) is 3. The Morgan fingerprint density at radius 2 is 1.77 bits per heavy atom. The fourth-order valence-electron chi connectivity index (χ4n) is 5.55. The van der Waals surface area contributed by atoms with Crippen molar-refractivity contribution in [2.75, 3.05) is 21.3 Å². The summed E-state index contributed by atoms with van der Waals surface area (Å²) in [6.45, 7) is 3.32. The van der Waals surface area contributed by atoms with Gasteiger partial charge in [-0.2, -0.15) is 4.98 Å². The molecule has 2 aromatic carbocycles. The van der Waals surface area contributed by atoms with Gasteiger partial charge in [-0.1, -0.05) is 17.3 Å². The number of phenols is 2. The second-order valence-electron chi connectivity index (χ2n) is 11.3. The van der Waals surface area contributed by atoms with Crippen LogP contribution < -0.4 is 19.5 Å². The van der Waals surface area contributed by atoms with Gasteiger partial charge in [0.05, 0.1) is 34.0 Å². The maximum absolute atomic E-state index is 13.6. The zero-order chi connectivity index (χ0) is 34.1. The number of aromatic hydroxyl groups is 2. The van der Waals surface area contributed by atoms with Gasteiger partial charge in [0.2, 0.25) is 17.5 Å². The van der Waals surface area contributed by atoms with Crippen LogP contribution in [0.1, 0.15) is 96.6 Å². The summed E-state index contributed by atoms with van der Waals surface area (Å²) in [6.07, 6.45) is 5.58. The number of ether oxygens (including phenoxy) is 4. The van der Waals surface area contributed by atoms with Crippen molar-refractivity contribution in [3.63, 3.8) is 0 Å². The molecule has 2 heterocycles. The van der Waals surface area contributed by atoms with E-state index in [4.69, 9.17) is 23.5 Å². The number of aromatic nitrogens is 2. The number of Topliss-reactive ketones (excluding diaryl/α,β-unsaturated/α-hetero) is 1. The van der Waals surface area contributed by atoms with E-state index in [0.29, 0.717) is 55.7 Å². The fraction of sp³-hybridized carbons (Fsp3) is 0.441. The minimum atomic E-state index is -1.02. The molecule has 1 aromatic heterocycles. The highest BCUT2D eigenvalue weighted by atomic mass is 16.5. The molecule has 0 radical (unpaired) electrons. The smallest absolute Gasteiger partial charge is 0.342 e. The first-order valence-corrected chi connectivity index (χ1v) is 15.4. The van der Waals surface area contributed by atoms with Gasteiger partial charge in [-0.15, -0.1) is 0 Å². The zero-order valence-corrected chi connectivity index (χ0v) is 27.3. The highest BCUT2D eigenvalue weighted by Crippen LogP contribution is 2.47. The van der Waals surface area contributed by atoms with Crippen LogP contribution in [-0.4, -0.2) is 65.4 Å². The predicted octanol–water partition coefficient (Wildman–Crippen LogP) is 5.14. The van der Waals surface area contributed by atoms with Crippen LogP contribution in [0.25, 0.3) is 6.08 Å². The van der Waals surface area contributed by atoms with E-state index in [-0.39, 0.29) is 58.6 Å². The number of allylic oxidation sites excluding steroid dienone is 1. The Bertz CT molecular complexity index is 1610. The van der Waals surface area contributed by atoms with Crippen molar-refractivity contribution in [3.05, 3.63) is 58.2 Å². The van der Waals surface area contributed by atoms with Gasteiger partial charge in [-0.25, -0.2) is 4.79 Å². The second kappa shape index (κ2) is 16.0. The summed E-state index contributed by atoms with van der Waals surface area (Å²) in [6, 6.07) is 4.56. The average molecular weight is 652 g/mol. The number of fused-ring (bicyclic) bond motifs is 1. The predicted molar refractivity (Wildman–Crippen MR) is 170 cm³/mol. The number of esters is 1. The SMILES string of the molecule is COc1cc(C(CC(=O)NCc2nc(C)no2)c2c(O)cc3c(c2O)C(=O)O[C@@H](C)CCCC(=O)CCC/C=C/3)cc(OC)c1OC. The lowest BCUT2D eigenvalue weighted by molar-refractivity contribution is -0.121. The molecule has 13 heteroatoms. The number of phenolic OH excluding ortho intramolecular Hbond substituents is 2. The number of carbonyl (C=O) groups excluding carboxylic acids is 3. The van der Waals surface area contributed by atoms with Gasteiger partial charge in [0.25, 0.3) is 0 Å². The van der Waals surface area contributed by atoms with Crippen molar-refractivity contribution in [2.24, 2.45) is 0 Å². The molecule has 47 heavy (non-hydrogen) atoms. The topological polar surface area (TPSA) is 180 Å². The standard InChI is InChI=1S/C34H41N3O10/c1-19-10-9-13-23(38)12-8-6-7-11-21-14-25(39)31(32(41)30(21)34(42)46-19)24(17-28(40)35-18-29-36-20(2)37-47-29)22-15-26(43-3)33(45-5)27(16-22)44-4/h7,11,14-16,19,24,39,41H,6,8-10,12-13,17-18H2,1-5H3,(H,35,40)/b11-7+/t19-,24?/m0/s1. The van der Waals surface area contributed by atoms with Crippen molar-refractivity contribution in [1.29, 1.82) is 0 Å². The highest BCUT2D eigenvalue weighted by Gasteiger charge is 2.32. The minimum Gasteiger partial charge on any atom is -0.507 e. The normalized spacial score (nSPS) is 17.1. The molecule has 0 fully saturated rings. The van der Waals surface area contributed by atoms with Gasteiger partial charge in [-0.05, 0) is 68.9 Å². The molecule has 13 nitrogen and oxygen atoms in total. The first-order chi connectivity index (χ1) is 22.6. The summed E-state index contributed by atoms with van der Waals surface area (Å²) in [4.78, 5) is 43.3. The van der Waals surface area contributed by atoms with Crippen LogP contribution in [0, 0.1) is 6.92 Å². The largest absolute Gasteiger partial charge is 0.507 e. The van der Waals surface area contributed by atoms with Crippen molar-refractivity contribution in [3.8, 4) is 28.7 Å². The lowest BCUT2D eigenvalue weighted by atomic mass is 9.84. The van der Waals surface area contributed by atoms with Crippen LogP contribution in [0.15, 0.2) is 28.8 Å². The summed E-state index contributed by atoms with van der Waals surface area (Å²) in [7, 11) is 4.33. The maximum atomic E-state index is 13.6. The van der Waals surface area contributed by atoms with Crippen LogP contribution in [0.3, 0.4) is 0 Å². The quantitative estimate of drug-likeness (QED) is 0.260. The van der Waals surface area contributed by atoms with E-state index in [9.17, 15) is 24.6 Å². The third-order valence-electron chi connectivity index (χ3n) is 7.89. The molecule has 1 aliphatic heterocycles. The Kier molecular flexibility index (Phi) is 11.8. The van der Waals surface area contributed by atoms with Gasteiger partial charge in [0, 0.05) is 30.7 Å². The Morgan fingerprint density at radius 3 is 2.40 bits per heavy atom. The molecule has 0 aliphatic carbocycles. The molecule has 1 amide bonds. The third-order valence-corrected chi connectivity index (χ3v) is 7.89. The first-order valence-electron chi connectivity index (χ1n) is 15.4. The monoisotopic (exact) mass is 651 g/mol. The van der Waals surface area contributed by atoms with E-state index < -0.39 is 29.6 Å². The van der Waals surface area contributed by atoms with Gasteiger partial charge in [0.15, 0.2) is 17.3 Å². The highest BCUT2D eigenvalue weighted by molar-refractivity contribution is 5.98. The van der Waals surface area contributed by atoms with Gasteiger partial charge in [-0.3, -0.25) is 9.59 Å². The van der Waals surface area contributed by atoms with Crippen LogP contribution in [-0.2, 0) is 20.9 Å². The third kappa shape index (κ3) is 8.60. The summed E-state index contributed by atoms with van der Waals surface area (Å²) < 4.78 is 27.3. The molecule has 2 atom stereocenters. The summed E-state index contributed by atoms with van der Waals surface area (Å²) in [5.74, 6) is -1.58. The maximum Gasteiger partial charge on any atom is 0.342 e. The number of hydrogen-bond acceptors (Lipinski definition) is 12. The van der Waals surface area contributed by atoms with Crippen molar-refractivity contribution >= 4 is 23.7 Å². The van der Waals surface area contributed by atoms with Crippen LogP contribution in [0.2, 0.25) is 0 Å². The molecule has 0 saturated heterocycles. The molecular formula is C34H41N3O10. The summed E-state index contributed by atoms with van der Waals surface area (Å²) in [5, 5.41) is 29.7. The molecule has 4 rings (SSSR count). The number of methoxy groups -OCH3 is 3. The molecule has 0 spiro atoms. The lowest BCUT2D eigenvalue weighted by Gasteiger charge is -2.24. The van der Waals surface area contributed by atoms with Crippen molar-refractivity contribution in [1.82, 2.24) is 15.5 Å². The number of carbonyl (C=O) groups is 3. The van der Waals surface area contributed by atoms with Crippen molar-refractivity contribution in [2.45, 2.75) is 77.4 Å². The Morgan fingerprint density at radius 1 is 1.06 bits per heavy atom. The Hall–Kier alpha value is -5.07. The van der Waals surface area contributed by atoms with E-state index in [0.717, 1.165) is 0 Å². The average Bonchev–Trinajstić information content (AvgIpc) is 3.46. The van der Waals surface area contributed by atoms with Gasteiger partial charge >= 0.3 is 5.97 Å². The summed E-state index contributed by atoms with van der Waals surface area (Å²) >= 11 is 0. The molecule has 1 unspecified atom stereocenters. The number of nitrogens with one attached hydrogen (secondary N) is 1.